The van der Waals surface area contributed by atoms with Crippen molar-refractivity contribution in [2.24, 2.45) is 0 Å². The van der Waals surface area contributed by atoms with Crippen LogP contribution in [0.1, 0.15) is 39.2 Å². The molecule has 136 valence electrons. The second kappa shape index (κ2) is 9.00. The van der Waals surface area contributed by atoms with Gasteiger partial charge in [-0.15, -0.1) is 11.3 Å². The standard InChI is InChI=1S/C21H24N2O2S/c1-16-4-6-18(7-5-16)21(25)23-10-8-19(9-11-23)22-14-20-13-17(15-26-20)3-2-12-24/h4-7,13,15,19,22,24H,8-12,14H2,1H3. The fourth-order valence-electron chi connectivity index (χ4n) is 3.09. The molecule has 1 aliphatic rings. The van der Waals surface area contributed by atoms with Crippen LogP contribution in [0.3, 0.4) is 0 Å². The number of amides is 1. The molecule has 2 aromatic rings. The minimum Gasteiger partial charge on any atom is -0.384 e. The number of benzene rings is 1. The van der Waals surface area contributed by atoms with Gasteiger partial charge >= 0.3 is 0 Å². The molecule has 0 unspecified atom stereocenters. The van der Waals surface area contributed by atoms with Gasteiger partial charge in [0.1, 0.15) is 6.61 Å². The lowest BCUT2D eigenvalue weighted by molar-refractivity contribution is 0.0705. The quantitative estimate of drug-likeness (QED) is 0.816. The Morgan fingerprint density at radius 3 is 2.73 bits per heavy atom. The van der Waals surface area contributed by atoms with Gasteiger partial charge in [0.05, 0.1) is 0 Å². The van der Waals surface area contributed by atoms with Gasteiger partial charge in [-0.25, -0.2) is 0 Å². The average Bonchev–Trinajstić information content (AvgIpc) is 3.13. The molecule has 0 bridgehead atoms. The van der Waals surface area contributed by atoms with Crippen molar-refractivity contribution in [2.75, 3.05) is 19.7 Å². The molecule has 5 heteroatoms. The number of carbonyl (C=O) groups is 1. The van der Waals surface area contributed by atoms with Crippen molar-refractivity contribution in [3.63, 3.8) is 0 Å². The first-order valence-corrected chi connectivity index (χ1v) is 9.80. The van der Waals surface area contributed by atoms with Crippen LogP contribution in [0.25, 0.3) is 0 Å². The number of thiophene rings is 1. The smallest absolute Gasteiger partial charge is 0.253 e. The number of hydrogen-bond donors (Lipinski definition) is 2. The van der Waals surface area contributed by atoms with Gasteiger partial charge in [-0.3, -0.25) is 4.79 Å². The Bertz CT molecular complexity index is 793. The summed E-state index contributed by atoms with van der Waals surface area (Å²) in [6.07, 6.45) is 1.94. The monoisotopic (exact) mass is 368 g/mol. The Kier molecular flexibility index (Phi) is 6.45. The number of likely N-dealkylation sites (tertiary alicyclic amines) is 1. The zero-order valence-electron chi connectivity index (χ0n) is 15.0. The minimum atomic E-state index is -0.108. The number of hydrogen-bond acceptors (Lipinski definition) is 4. The van der Waals surface area contributed by atoms with Crippen LogP contribution in [0.5, 0.6) is 0 Å². The van der Waals surface area contributed by atoms with Gasteiger partial charge in [0.25, 0.3) is 5.91 Å². The van der Waals surface area contributed by atoms with Crippen LogP contribution in [0, 0.1) is 18.8 Å². The van der Waals surface area contributed by atoms with Crippen molar-refractivity contribution < 1.29 is 9.90 Å². The molecule has 0 radical (unpaired) electrons. The SMILES string of the molecule is Cc1ccc(C(=O)N2CCC(NCc3cc(C#CCO)cs3)CC2)cc1. The maximum Gasteiger partial charge on any atom is 0.253 e. The summed E-state index contributed by atoms with van der Waals surface area (Å²) in [7, 11) is 0. The zero-order valence-corrected chi connectivity index (χ0v) is 15.8. The normalized spacial score (nSPS) is 14.8. The number of nitrogens with one attached hydrogen (secondary N) is 1. The molecule has 0 saturated carbocycles. The molecule has 1 aromatic carbocycles. The number of carbonyl (C=O) groups excluding carboxylic acids is 1. The highest BCUT2D eigenvalue weighted by Crippen LogP contribution is 2.17. The third kappa shape index (κ3) is 4.95. The van der Waals surface area contributed by atoms with Crippen molar-refractivity contribution >= 4 is 17.2 Å². The summed E-state index contributed by atoms with van der Waals surface area (Å²) in [5, 5.41) is 14.3. The lowest BCUT2D eigenvalue weighted by Crippen LogP contribution is -2.44. The van der Waals surface area contributed by atoms with Crippen LogP contribution in [-0.4, -0.2) is 41.7 Å². The molecule has 1 saturated heterocycles. The van der Waals surface area contributed by atoms with Gasteiger partial charge in [-0.05, 0) is 38.0 Å². The van der Waals surface area contributed by atoms with Crippen LogP contribution < -0.4 is 5.32 Å². The summed E-state index contributed by atoms with van der Waals surface area (Å²) in [6.45, 7) is 4.33. The van der Waals surface area contributed by atoms with Crippen molar-refractivity contribution in [1.29, 1.82) is 0 Å². The Morgan fingerprint density at radius 1 is 1.31 bits per heavy atom. The Balaban J connectivity index is 1.45. The van der Waals surface area contributed by atoms with E-state index in [0.717, 1.165) is 43.6 Å². The molecule has 2 N–H and O–H groups in total. The molecular formula is C21H24N2O2S. The third-order valence-electron chi connectivity index (χ3n) is 4.61. The number of aryl methyl sites for hydroxylation is 1. The van der Waals surface area contributed by atoms with E-state index in [9.17, 15) is 4.79 Å². The first kappa shape index (κ1) is 18.7. The highest BCUT2D eigenvalue weighted by Gasteiger charge is 2.23. The number of aliphatic hydroxyl groups is 1. The largest absolute Gasteiger partial charge is 0.384 e. The molecule has 1 fully saturated rings. The van der Waals surface area contributed by atoms with Crippen molar-refractivity contribution in [3.05, 3.63) is 57.3 Å². The van der Waals surface area contributed by atoms with Crippen LogP contribution in [0.2, 0.25) is 0 Å². The molecule has 1 aromatic heterocycles. The van der Waals surface area contributed by atoms with E-state index >= 15 is 0 Å². The molecule has 26 heavy (non-hydrogen) atoms. The zero-order chi connectivity index (χ0) is 18.4. The molecule has 0 aliphatic carbocycles. The fourth-order valence-corrected chi connectivity index (χ4v) is 3.86. The van der Waals surface area contributed by atoms with Gasteiger partial charge < -0.3 is 15.3 Å². The Morgan fingerprint density at radius 2 is 2.04 bits per heavy atom. The van der Waals surface area contributed by atoms with E-state index in [0.29, 0.717) is 6.04 Å². The van der Waals surface area contributed by atoms with E-state index in [1.165, 1.54) is 10.4 Å². The lowest BCUT2D eigenvalue weighted by Gasteiger charge is -2.32. The molecular weight excluding hydrogens is 344 g/mol. The van der Waals surface area contributed by atoms with Gasteiger partial charge in [0.2, 0.25) is 0 Å². The summed E-state index contributed by atoms with van der Waals surface area (Å²) in [4.78, 5) is 15.8. The van der Waals surface area contributed by atoms with E-state index < -0.39 is 0 Å². The molecule has 0 spiro atoms. The predicted octanol–water partition coefficient (Wildman–Crippen LogP) is 2.79. The molecule has 4 nitrogen and oxygen atoms in total. The third-order valence-corrected chi connectivity index (χ3v) is 5.55. The Hall–Kier alpha value is -2.13. The number of piperidine rings is 1. The first-order valence-electron chi connectivity index (χ1n) is 8.92. The minimum absolute atomic E-state index is 0.108. The number of aliphatic hydroxyl groups excluding tert-OH is 1. The summed E-state index contributed by atoms with van der Waals surface area (Å²) >= 11 is 1.68. The summed E-state index contributed by atoms with van der Waals surface area (Å²) in [5.74, 6) is 5.73. The molecule has 3 rings (SSSR count). The van der Waals surface area contributed by atoms with Crippen LogP contribution in [0.4, 0.5) is 0 Å². The average molecular weight is 369 g/mol. The first-order chi connectivity index (χ1) is 12.7. The van der Waals surface area contributed by atoms with E-state index in [-0.39, 0.29) is 12.5 Å². The second-order valence-electron chi connectivity index (χ2n) is 6.57. The molecule has 1 amide bonds. The van der Waals surface area contributed by atoms with E-state index in [2.05, 4.69) is 23.2 Å². The van der Waals surface area contributed by atoms with Gasteiger partial charge in [-0.1, -0.05) is 29.5 Å². The van der Waals surface area contributed by atoms with Gasteiger partial charge in [0, 0.05) is 47.1 Å². The number of rotatable bonds is 4. The van der Waals surface area contributed by atoms with Crippen LogP contribution in [-0.2, 0) is 6.54 Å². The van der Waals surface area contributed by atoms with Gasteiger partial charge in [-0.2, -0.15) is 0 Å². The van der Waals surface area contributed by atoms with Crippen molar-refractivity contribution in [1.82, 2.24) is 10.2 Å². The van der Waals surface area contributed by atoms with Gasteiger partial charge in [0.15, 0.2) is 0 Å². The summed E-state index contributed by atoms with van der Waals surface area (Å²) in [5.41, 5.74) is 2.90. The fraction of sp³-hybridized carbons (Fsp3) is 0.381. The highest BCUT2D eigenvalue weighted by molar-refractivity contribution is 7.10. The predicted molar refractivity (Wildman–Crippen MR) is 105 cm³/mol. The van der Waals surface area contributed by atoms with E-state index in [1.54, 1.807) is 11.3 Å². The number of nitrogens with zero attached hydrogens (tertiary/aromatic N) is 1. The van der Waals surface area contributed by atoms with Crippen LogP contribution >= 0.6 is 11.3 Å². The molecule has 0 atom stereocenters. The topological polar surface area (TPSA) is 52.6 Å². The summed E-state index contributed by atoms with van der Waals surface area (Å²) in [6, 6.07) is 10.3. The second-order valence-corrected chi connectivity index (χ2v) is 7.57. The van der Waals surface area contributed by atoms with E-state index in [1.807, 2.05) is 41.5 Å². The maximum absolute atomic E-state index is 12.6. The van der Waals surface area contributed by atoms with E-state index in [4.69, 9.17) is 5.11 Å². The molecule has 1 aliphatic heterocycles. The van der Waals surface area contributed by atoms with Crippen LogP contribution in [0.15, 0.2) is 35.7 Å². The maximum atomic E-state index is 12.6. The lowest BCUT2D eigenvalue weighted by atomic mass is 10.0. The summed E-state index contributed by atoms with van der Waals surface area (Å²) < 4.78 is 0. The Labute approximate surface area is 158 Å². The molecule has 2 heterocycles. The highest BCUT2D eigenvalue weighted by atomic mass is 32.1. The van der Waals surface area contributed by atoms with Crippen molar-refractivity contribution in [3.8, 4) is 11.8 Å². The van der Waals surface area contributed by atoms with Crippen molar-refractivity contribution in [2.45, 2.75) is 32.4 Å².